The zero-order chi connectivity index (χ0) is 12.7. The number of piperazine rings is 1. The van der Waals surface area contributed by atoms with Gasteiger partial charge in [0.15, 0.2) is 0 Å². The smallest absolute Gasteiger partial charge is 0.231 e. The lowest BCUT2D eigenvalue weighted by atomic mass is 10.2. The Hall–Kier alpha value is -1.75. The first-order valence-corrected chi connectivity index (χ1v) is 6.28. The first-order valence-electron chi connectivity index (χ1n) is 6.28. The summed E-state index contributed by atoms with van der Waals surface area (Å²) in [5.41, 5.74) is 13.2. The van der Waals surface area contributed by atoms with E-state index in [4.69, 9.17) is 11.5 Å². The normalized spacial score (nSPS) is 26.8. The number of carbonyl (C=O) groups is 1. The Morgan fingerprint density at radius 1 is 1.28 bits per heavy atom. The topological polar surface area (TPSA) is 75.6 Å². The third-order valence-corrected chi connectivity index (χ3v) is 3.96. The quantitative estimate of drug-likeness (QED) is 0.737. The Balaban J connectivity index is 1.74. The average molecular weight is 246 g/mol. The Labute approximate surface area is 106 Å². The molecule has 5 nitrogen and oxygen atoms in total. The van der Waals surface area contributed by atoms with Crippen LogP contribution in [0, 0.1) is 0 Å². The lowest BCUT2D eigenvalue weighted by Gasteiger charge is -2.35. The monoisotopic (exact) mass is 246 g/mol. The van der Waals surface area contributed by atoms with Crippen molar-refractivity contribution in [1.29, 1.82) is 0 Å². The van der Waals surface area contributed by atoms with Crippen molar-refractivity contribution < 1.29 is 4.79 Å². The molecule has 0 aromatic heterocycles. The summed E-state index contributed by atoms with van der Waals surface area (Å²) in [4.78, 5) is 15.5. The fourth-order valence-electron chi connectivity index (χ4n) is 3.19. The highest BCUT2D eigenvalue weighted by atomic mass is 16.1. The third-order valence-electron chi connectivity index (χ3n) is 3.96. The van der Waals surface area contributed by atoms with Gasteiger partial charge in [0.1, 0.15) is 0 Å². The van der Waals surface area contributed by atoms with Gasteiger partial charge >= 0.3 is 0 Å². The highest BCUT2D eigenvalue weighted by Gasteiger charge is 2.43. The summed E-state index contributed by atoms with van der Waals surface area (Å²) in [6.45, 7) is 2.22. The van der Waals surface area contributed by atoms with Gasteiger partial charge in [-0.3, -0.25) is 9.69 Å². The number of hydrogen-bond acceptors (Lipinski definition) is 4. The van der Waals surface area contributed by atoms with Crippen molar-refractivity contribution in [3.05, 3.63) is 24.3 Å². The lowest BCUT2D eigenvalue weighted by molar-refractivity contribution is -0.119. The molecule has 4 N–H and O–H groups in total. The molecule has 2 unspecified atom stereocenters. The standard InChI is InChI=1S/C13H18N4O/c14-11-3-1-2-4-12(11)17-7-9-5-10(17)6-16(9)8-13(15)18/h1-4,9-10H,5-8,14H2,(H2,15,18). The van der Waals surface area contributed by atoms with E-state index in [1.165, 1.54) is 0 Å². The van der Waals surface area contributed by atoms with Crippen LogP contribution in [0.1, 0.15) is 6.42 Å². The van der Waals surface area contributed by atoms with Crippen LogP contribution in [0.4, 0.5) is 11.4 Å². The van der Waals surface area contributed by atoms with Crippen molar-refractivity contribution in [2.75, 3.05) is 30.3 Å². The number of fused-ring (bicyclic) bond motifs is 2. The summed E-state index contributed by atoms with van der Waals surface area (Å²) in [6, 6.07) is 8.85. The van der Waals surface area contributed by atoms with Gasteiger partial charge in [0, 0.05) is 25.2 Å². The van der Waals surface area contributed by atoms with Gasteiger partial charge < -0.3 is 16.4 Å². The van der Waals surface area contributed by atoms with Crippen LogP contribution in [0.15, 0.2) is 24.3 Å². The minimum atomic E-state index is -0.242. The first-order chi connectivity index (χ1) is 8.65. The van der Waals surface area contributed by atoms with Crippen LogP contribution < -0.4 is 16.4 Å². The van der Waals surface area contributed by atoms with E-state index in [2.05, 4.69) is 15.9 Å². The van der Waals surface area contributed by atoms with Crippen molar-refractivity contribution in [3.63, 3.8) is 0 Å². The Morgan fingerprint density at radius 2 is 2.06 bits per heavy atom. The molecule has 0 saturated carbocycles. The third kappa shape index (κ3) is 1.80. The van der Waals surface area contributed by atoms with Crippen LogP contribution in [-0.2, 0) is 4.79 Å². The van der Waals surface area contributed by atoms with Crippen molar-refractivity contribution >= 4 is 17.3 Å². The molecule has 0 radical (unpaired) electrons. The number of carbonyl (C=O) groups excluding carboxylic acids is 1. The van der Waals surface area contributed by atoms with Crippen molar-refractivity contribution in [3.8, 4) is 0 Å². The molecule has 5 heteroatoms. The van der Waals surface area contributed by atoms with Gasteiger partial charge in [-0.1, -0.05) is 12.1 Å². The van der Waals surface area contributed by atoms with E-state index in [0.717, 1.165) is 30.9 Å². The van der Waals surface area contributed by atoms with E-state index >= 15 is 0 Å². The molecule has 0 spiro atoms. The summed E-state index contributed by atoms with van der Waals surface area (Å²) >= 11 is 0. The van der Waals surface area contributed by atoms with Gasteiger partial charge in [0.2, 0.25) is 5.91 Å². The minimum absolute atomic E-state index is 0.242. The molecule has 2 heterocycles. The molecule has 18 heavy (non-hydrogen) atoms. The van der Waals surface area contributed by atoms with Gasteiger partial charge in [0.25, 0.3) is 0 Å². The highest BCUT2D eigenvalue weighted by molar-refractivity contribution is 5.76. The maximum absolute atomic E-state index is 11.0. The van der Waals surface area contributed by atoms with Crippen LogP contribution >= 0.6 is 0 Å². The van der Waals surface area contributed by atoms with Crippen LogP contribution in [0.2, 0.25) is 0 Å². The van der Waals surface area contributed by atoms with Gasteiger partial charge in [0.05, 0.1) is 17.9 Å². The average Bonchev–Trinajstić information content (AvgIpc) is 2.88. The van der Waals surface area contributed by atoms with E-state index in [9.17, 15) is 4.79 Å². The van der Waals surface area contributed by atoms with Gasteiger partial charge in [-0.15, -0.1) is 0 Å². The van der Waals surface area contributed by atoms with Crippen molar-refractivity contribution in [2.45, 2.75) is 18.5 Å². The molecule has 3 rings (SSSR count). The molecule has 0 aliphatic carbocycles. The maximum Gasteiger partial charge on any atom is 0.231 e. The van der Waals surface area contributed by atoms with Gasteiger partial charge in [-0.2, -0.15) is 0 Å². The fraction of sp³-hybridized carbons (Fsp3) is 0.462. The number of benzene rings is 1. The second kappa shape index (κ2) is 4.17. The summed E-state index contributed by atoms with van der Waals surface area (Å²) in [5, 5.41) is 0. The summed E-state index contributed by atoms with van der Waals surface area (Å²) in [7, 11) is 0. The number of para-hydroxylation sites is 2. The van der Waals surface area contributed by atoms with Crippen LogP contribution in [0.5, 0.6) is 0 Å². The number of nitrogen functional groups attached to an aromatic ring is 1. The van der Waals surface area contributed by atoms with Crippen LogP contribution in [0.25, 0.3) is 0 Å². The van der Waals surface area contributed by atoms with E-state index < -0.39 is 0 Å². The first kappa shape index (κ1) is 11.3. The van der Waals surface area contributed by atoms with Crippen LogP contribution in [-0.4, -0.2) is 42.5 Å². The molecular formula is C13H18N4O. The number of likely N-dealkylation sites (tertiary alicyclic amines) is 1. The van der Waals surface area contributed by atoms with E-state index in [1.54, 1.807) is 0 Å². The SMILES string of the molecule is NC(=O)CN1CC2CC1CN2c1ccccc1N. The number of hydrogen-bond donors (Lipinski definition) is 2. The molecule has 2 aliphatic rings. The van der Waals surface area contributed by atoms with Crippen LogP contribution in [0.3, 0.4) is 0 Å². The predicted molar refractivity (Wildman–Crippen MR) is 71.2 cm³/mol. The van der Waals surface area contributed by atoms with Gasteiger partial charge in [-0.25, -0.2) is 0 Å². The maximum atomic E-state index is 11.0. The second-order valence-electron chi connectivity index (χ2n) is 5.15. The Bertz CT molecular complexity index is 476. The van der Waals surface area contributed by atoms with E-state index in [1.807, 2.05) is 18.2 Å². The Kier molecular flexibility index (Phi) is 2.63. The molecule has 2 saturated heterocycles. The largest absolute Gasteiger partial charge is 0.397 e. The highest BCUT2D eigenvalue weighted by Crippen LogP contribution is 2.36. The molecule has 96 valence electrons. The molecule has 2 bridgehead atoms. The second-order valence-corrected chi connectivity index (χ2v) is 5.15. The lowest BCUT2D eigenvalue weighted by Crippen LogP contribution is -2.49. The molecular weight excluding hydrogens is 228 g/mol. The zero-order valence-corrected chi connectivity index (χ0v) is 10.2. The summed E-state index contributed by atoms with van der Waals surface area (Å²) < 4.78 is 0. The number of rotatable bonds is 3. The molecule has 1 aromatic carbocycles. The summed E-state index contributed by atoms with van der Waals surface area (Å²) in [6.07, 6.45) is 1.10. The van der Waals surface area contributed by atoms with Gasteiger partial charge in [-0.05, 0) is 18.6 Å². The molecule has 2 aliphatic heterocycles. The van der Waals surface area contributed by atoms with Crippen molar-refractivity contribution in [1.82, 2.24) is 4.90 Å². The predicted octanol–water partition coefficient (Wildman–Crippen LogP) is 0.0170. The fourth-order valence-corrected chi connectivity index (χ4v) is 3.19. The molecule has 2 fully saturated rings. The van der Waals surface area contributed by atoms with Crippen molar-refractivity contribution in [2.24, 2.45) is 5.73 Å². The number of primary amides is 1. The summed E-state index contributed by atoms with van der Waals surface area (Å²) in [5.74, 6) is -0.242. The van der Waals surface area contributed by atoms with E-state index in [0.29, 0.717) is 18.6 Å². The molecule has 1 aromatic rings. The molecule has 2 atom stereocenters. The molecule has 1 amide bonds. The zero-order valence-electron chi connectivity index (χ0n) is 10.2. The number of amides is 1. The number of nitrogens with zero attached hydrogens (tertiary/aromatic N) is 2. The number of nitrogens with two attached hydrogens (primary N) is 2. The van der Waals surface area contributed by atoms with E-state index in [-0.39, 0.29) is 5.91 Å². The number of anilines is 2. The minimum Gasteiger partial charge on any atom is -0.397 e. The Morgan fingerprint density at radius 3 is 2.67 bits per heavy atom.